The van der Waals surface area contributed by atoms with Crippen LogP contribution in [0, 0.1) is 6.92 Å². The fourth-order valence-electron chi connectivity index (χ4n) is 1.89. The van der Waals surface area contributed by atoms with Gasteiger partial charge in [0.1, 0.15) is 0 Å². The number of nitrogens with zero attached hydrogens (tertiary/aromatic N) is 1. The van der Waals surface area contributed by atoms with E-state index in [0.717, 1.165) is 0 Å². The van der Waals surface area contributed by atoms with Crippen molar-refractivity contribution in [3.8, 4) is 0 Å². The molecule has 2 rings (SSSR count). The number of rotatable bonds is 3. The monoisotopic (exact) mass is 305 g/mol. The van der Waals surface area contributed by atoms with Gasteiger partial charge in [-0.2, -0.15) is 4.31 Å². The molecule has 0 bridgehead atoms. The molecule has 0 aliphatic carbocycles. The molecule has 1 heterocycles. The summed E-state index contributed by atoms with van der Waals surface area (Å²) in [6, 6.07) is 4.25. The third-order valence-corrected chi connectivity index (χ3v) is 5.65. The predicted molar refractivity (Wildman–Crippen MR) is 69.8 cm³/mol. The molecule has 0 saturated carbocycles. The largest absolute Gasteiger partial charge is 0.379 e. The van der Waals surface area contributed by atoms with E-state index in [-0.39, 0.29) is 9.79 Å². The maximum Gasteiger partial charge on any atom is 0.243 e. The molecule has 1 aromatic rings. The summed E-state index contributed by atoms with van der Waals surface area (Å²) in [4.78, 5) is 0.159. The number of benzene rings is 1. The number of hydrogen-bond donors (Lipinski definition) is 1. The van der Waals surface area contributed by atoms with Crippen LogP contribution in [0.25, 0.3) is 0 Å². The Morgan fingerprint density at radius 1 is 1.32 bits per heavy atom. The van der Waals surface area contributed by atoms with E-state index in [1.54, 1.807) is 6.92 Å². The molecule has 19 heavy (non-hydrogen) atoms. The zero-order chi connectivity index (χ0) is 14.0. The van der Waals surface area contributed by atoms with E-state index in [2.05, 4.69) is 0 Å². The van der Waals surface area contributed by atoms with Crippen molar-refractivity contribution in [2.45, 2.75) is 16.7 Å². The van der Waals surface area contributed by atoms with Crippen molar-refractivity contribution >= 4 is 21.1 Å². The van der Waals surface area contributed by atoms with Gasteiger partial charge in [-0.05, 0) is 24.6 Å². The number of hydrogen-bond acceptors (Lipinski definition) is 4. The molecule has 0 radical (unpaired) electrons. The molecule has 0 spiro atoms. The molecule has 1 atom stereocenters. The Kier molecular flexibility index (Phi) is 4.36. The van der Waals surface area contributed by atoms with E-state index in [1.807, 2.05) is 0 Å². The van der Waals surface area contributed by atoms with Crippen LogP contribution in [0.3, 0.4) is 0 Å². The van der Waals surface area contributed by atoms with Crippen molar-refractivity contribution in [2.24, 2.45) is 0 Å². The lowest BCUT2D eigenvalue weighted by atomic mass is 10.2. The standard InChI is InChI=1S/C11H15NO5S2/c1-9-2-3-10(18(13)14)8-11(9)19(15,16)12-4-6-17-7-5-12/h2-3,8H,4-7H2,1H3,(H,13,14). The van der Waals surface area contributed by atoms with Gasteiger partial charge in [0.2, 0.25) is 10.0 Å². The van der Waals surface area contributed by atoms with Crippen molar-refractivity contribution in [2.75, 3.05) is 26.3 Å². The van der Waals surface area contributed by atoms with Crippen LogP contribution in [0.1, 0.15) is 5.56 Å². The van der Waals surface area contributed by atoms with Crippen LogP contribution in [0.15, 0.2) is 28.0 Å². The Balaban J connectivity index is 2.44. The summed E-state index contributed by atoms with van der Waals surface area (Å²) in [5, 5.41) is 0. The topological polar surface area (TPSA) is 83.9 Å². The third-order valence-electron chi connectivity index (χ3n) is 2.95. The lowest BCUT2D eigenvalue weighted by Crippen LogP contribution is -2.40. The van der Waals surface area contributed by atoms with Gasteiger partial charge in [-0.1, -0.05) is 6.07 Å². The normalized spacial score (nSPS) is 19.3. The molecule has 1 fully saturated rings. The van der Waals surface area contributed by atoms with Crippen LogP contribution >= 0.6 is 0 Å². The average molecular weight is 305 g/mol. The summed E-state index contributed by atoms with van der Waals surface area (Å²) < 4.78 is 51.5. The van der Waals surface area contributed by atoms with Crippen molar-refractivity contribution in [3.05, 3.63) is 23.8 Å². The van der Waals surface area contributed by atoms with Crippen LogP contribution in [0.5, 0.6) is 0 Å². The molecule has 1 aliphatic rings. The van der Waals surface area contributed by atoms with Crippen LogP contribution in [0.4, 0.5) is 0 Å². The Hall–Kier alpha value is -0.800. The van der Waals surface area contributed by atoms with Gasteiger partial charge < -0.3 is 9.29 Å². The smallest absolute Gasteiger partial charge is 0.243 e. The van der Waals surface area contributed by atoms with Crippen LogP contribution in [-0.4, -0.2) is 47.8 Å². The summed E-state index contributed by atoms with van der Waals surface area (Å²) in [5.41, 5.74) is 0.556. The molecule has 1 aliphatic heterocycles. The Labute approximate surface area is 114 Å². The fraction of sp³-hybridized carbons (Fsp3) is 0.455. The molecular formula is C11H15NO5S2. The highest BCUT2D eigenvalue weighted by molar-refractivity contribution is 7.89. The van der Waals surface area contributed by atoms with Crippen molar-refractivity contribution < 1.29 is 21.9 Å². The second-order valence-corrected chi connectivity index (χ2v) is 7.07. The first-order valence-corrected chi connectivity index (χ1v) is 8.27. The maximum absolute atomic E-state index is 12.5. The van der Waals surface area contributed by atoms with Crippen molar-refractivity contribution in [1.29, 1.82) is 0 Å². The second-order valence-electron chi connectivity index (χ2n) is 4.19. The predicted octanol–water partition coefficient (Wildman–Crippen LogP) is 0.597. The number of aryl methyl sites for hydroxylation is 1. The van der Waals surface area contributed by atoms with Gasteiger partial charge in [-0.15, -0.1) is 0 Å². The van der Waals surface area contributed by atoms with Crippen LogP contribution in [-0.2, 0) is 25.8 Å². The zero-order valence-corrected chi connectivity index (χ0v) is 12.0. The maximum atomic E-state index is 12.5. The number of morpholine rings is 1. The fourth-order valence-corrected chi connectivity index (χ4v) is 4.03. The molecule has 1 saturated heterocycles. The summed E-state index contributed by atoms with van der Waals surface area (Å²) in [6.07, 6.45) is 0. The molecule has 8 heteroatoms. The SMILES string of the molecule is Cc1ccc(S(=O)O)cc1S(=O)(=O)N1CCOCC1. The van der Waals surface area contributed by atoms with Crippen LogP contribution < -0.4 is 0 Å². The first-order chi connectivity index (χ1) is 8.93. The van der Waals surface area contributed by atoms with E-state index in [1.165, 1.54) is 22.5 Å². The van der Waals surface area contributed by atoms with Gasteiger partial charge in [0.15, 0.2) is 11.1 Å². The first-order valence-electron chi connectivity index (χ1n) is 5.72. The summed E-state index contributed by atoms with van der Waals surface area (Å²) in [5.74, 6) is 0. The highest BCUT2D eigenvalue weighted by Gasteiger charge is 2.28. The van der Waals surface area contributed by atoms with E-state index < -0.39 is 21.1 Å². The molecule has 106 valence electrons. The lowest BCUT2D eigenvalue weighted by molar-refractivity contribution is 0.0730. The minimum absolute atomic E-state index is 0.0781. The molecule has 6 nitrogen and oxygen atoms in total. The second kappa shape index (κ2) is 5.68. The van der Waals surface area contributed by atoms with Gasteiger partial charge in [0.05, 0.1) is 23.0 Å². The first kappa shape index (κ1) is 14.6. The Morgan fingerprint density at radius 3 is 2.53 bits per heavy atom. The van der Waals surface area contributed by atoms with E-state index in [0.29, 0.717) is 31.9 Å². The van der Waals surface area contributed by atoms with Crippen LogP contribution in [0.2, 0.25) is 0 Å². The molecule has 1 N–H and O–H groups in total. The summed E-state index contributed by atoms with van der Waals surface area (Å²) >= 11 is -2.19. The molecule has 1 aromatic carbocycles. The molecule has 1 unspecified atom stereocenters. The third kappa shape index (κ3) is 3.03. The Bertz CT molecular complexity index is 593. The quantitative estimate of drug-likeness (QED) is 0.827. The zero-order valence-electron chi connectivity index (χ0n) is 10.4. The van der Waals surface area contributed by atoms with Gasteiger partial charge in [0, 0.05) is 13.1 Å². The minimum Gasteiger partial charge on any atom is -0.379 e. The lowest BCUT2D eigenvalue weighted by Gasteiger charge is -2.26. The van der Waals surface area contributed by atoms with E-state index in [4.69, 9.17) is 9.29 Å². The van der Waals surface area contributed by atoms with Gasteiger partial charge in [-0.25, -0.2) is 12.6 Å². The van der Waals surface area contributed by atoms with Crippen molar-refractivity contribution in [3.63, 3.8) is 0 Å². The van der Waals surface area contributed by atoms with Gasteiger partial charge in [0.25, 0.3) is 0 Å². The highest BCUT2D eigenvalue weighted by atomic mass is 32.2. The number of ether oxygens (including phenoxy) is 1. The average Bonchev–Trinajstić information content (AvgIpc) is 2.39. The van der Waals surface area contributed by atoms with E-state index in [9.17, 15) is 12.6 Å². The molecule has 0 aromatic heterocycles. The summed E-state index contributed by atoms with van der Waals surface area (Å²) in [7, 11) is -3.64. The highest BCUT2D eigenvalue weighted by Crippen LogP contribution is 2.23. The van der Waals surface area contributed by atoms with E-state index >= 15 is 0 Å². The summed E-state index contributed by atoms with van der Waals surface area (Å²) in [6.45, 7) is 2.99. The molecular weight excluding hydrogens is 290 g/mol. The van der Waals surface area contributed by atoms with Crippen molar-refractivity contribution in [1.82, 2.24) is 4.31 Å². The Morgan fingerprint density at radius 2 is 1.95 bits per heavy atom. The molecule has 0 amide bonds. The number of sulfonamides is 1. The minimum atomic E-state index is -3.64. The van der Waals surface area contributed by atoms with Gasteiger partial charge in [-0.3, -0.25) is 0 Å². The van der Waals surface area contributed by atoms with Gasteiger partial charge >= 0.3 is 0 Å².